The number of piperidine rings is 3. The normalized spacial score (nSPS) is 23.3. The Labute approximate surface area is 174 Å². The van der Waals surface area contributed by atoms with Crippen LogP contribution in [-0.2, 0) is 0 Å². The number of hydrogen-bond acceptors (Lipinski definition) is 4. The van der Waals surface area contributed by atoms with Gasteiger partial charge in [0, 0.05) is 22.8 Å². The molecule has 0 radical (unpaired) electrons. The summed E-state index contributed by atoms with van der Waals surface area (Å²) in [4.78, 5) is 28.0. The third-order valence-electron chi connectivity index (χ3n) is 6.32. The molecule has 3 aromatic rings. The molecule has 29 heavy (non-hydrogen) atoms. The molecule has 5 heteroatoms. The maximum atomic E-state index is 13.0. The summed E-state index contributed by atoms with van der Waals surface area (Å²) in [7, 11) is 0. The number of thiophene rings is 1. The zero-order valence-corrected chi connectivity index (χ0v) is 17.3. The van der Waals surface area contributed by atoms with Gasteiger partial charge in [-0.15, -0.1) is 11.3 Å². The minimum Gasteiger partial charge on any atom is -0.347 e. The number of nitrogens with zero attached hydrogens (tertiary/aromatic N) is 1. The van der Waals surface area contributed by atoms with E-state index >= 15 is 0 Å². The molecular weight excluding hydrogens is 380 g/mol. The van der Waals surface area contributed by atoms with Gasteiger partial charge in [0.15, 0.2) is 5.78 Å². The van der Waals surface area contributed by atoms with Crippen molar-refractivity contribution in [3.05, 3.63) is 59.0 Å². The number of nitrogens with one attached hydrogen (secondary N) is 1. The van der Waals surface area contributed by atoms with Gasteiger partial charge in [0.25, 0.3) is 5.91 Å². The lowest BCUT2D eigenvalue weighted by atomic mass is 9.84. The highest BCUT2D eigenvalue weighted by Crippen LogP contribution is 2.36. The van der Waals surface area contributed by atoms with Gasteiger partial charge >= 0.3 is 0 Å². The Balaban J connectivity index is 1.45. The second-order valence-corrected chi connectivity index (χ2v) is 9.24. The fourth-order valence-electron chi connectivity index (χ4n) is 4.68. The lowest BCUT2D eigenvalue weighted by molar-refractivity contribution is 0.0622. The largest absolute Gasteiger partial charge is 0.347 e. The molecule has 0 spiro atoms. The van der Waals surface area contributed by atoms with Crippen molar-refractivity contribution in [1.29, 1.82) is 0 Å². The molecule has 4 nitrogen and oxygen atoms in total. The van der Waals surface area contributed by atoms with Crippen molar-refractivity contribution in [2.45, 2.75) is 25.8 Å². The van der Waals surface area contributed by atoms with Crippen LogP contribution < -0.4 is 5.32 Å². The van der Waals surface area contributed by atoms with E-state index < -0.39 is 0 Å². The van der Waals surface area contributed by atoms with Crippen molar-refractivity contribution in [3.8, 4) is 11.1 Å². The van der Waals surface area contributed by atoms with Gasteiger partial charge in [0.2, 0.25) is 0 Å². The first-order chi connectivity index (χ1) is 14.1. The third-order valence-corrected chi connectivity index (χ3v) is 7.50. The van der Waals surface area contributed by atoms with E-state index in [2.05, 4.69) is 22.3 Å². The summed E-state index contributed by atoms with van der Waals surface area (Å²) >= 11 is 1.54. The predicted octanol–water partition coefficient (Wildman–Crippen LogP) is 4.59. The Kier molecular flexibility index (Phi) is 4.72. The number of benzene rings is 2. The second-order valence-electron chi connectivity index (χ2n) is 8.19. The molecule has 1 amide bonds. The molecule has 3 saturated heterocycles. The fourth-order valence-corrected chi connectivity index (χ4v) is 5.77. The Morgan fingerprint density at radius 2 is 1.86 bits per heavy atom. The zero-order chi connectivity index (χ0) is 20.0. The smallest absolute Gasteiger partial charge is 0.261 e. The van der Waals surface area contributed by atoms with Gasteiger partial charge in [-0.05, 0) is 67.4 Å². The summed E-state index contributed by atoms with van der Waals surface area (Å²) < 4.78 is 1.09. The standard InChI is InChI=1S/C24H24N2O2S/c1-15(27)17-4-2-5-18(12-17)20-7-3-6-19-13-22(29-23(19)20)24(28)25-21-14-26-10-8-16(21)9-11-26/h2-7,12-13,16,21H,8-11,14H2,1H3,(H,25,28)/t21-/m0/s1. The minimum absolute atomic E-state index is 0.0355. The lowest BCUT2D eigenvalue weighted by Crippen LogP contribution is -2.57. The van der Waals surface area contributed by atoms with Crippen molar-refractivity contribution in [2.24, 2.45) is 5.92 Å². The van der Waals surface area contributed by atoms with Crippen LogP contribution in [0.2, 0.25) is 0 Å². The molecular formula is C24H24N2O2S. The first-order valence-corrected chi connectivity index (χ1v) is 11.1. The highest BCUT2D eigenvalue weighted by Gasteiger charge is 2.35. The first-order valence-electron chi connectivity index (χ1n) is 10.3. The maximum absolute atomic E-state index is 13.0. The molecule has 3 aliphatic heterocycles. The van der Waals surface area contributed by atoms with E-state index in [1.165, 1.54) is 37.3 Å². The first kappa shape index (κ1) is 18.5. The second kappa shape index (κ2) is 7.39. The van der Waals surface area contributed by atoms with Crippen LogP contribution in [0.1, 0.15) is 39.8 Å². The number of carbonyl (C=O) groups excluding carboxylic acids is 2. The number of hydrogen-bond donors (Lipinski definition) is 1. The van der Waals surface area contributed by atoms with E-state index in [1.54, 1.807) is 6.92 Å². The van der Waals surface area contributed by atoms with Crippen molar-refractivity contribution in [2.75, 3.05) is 19.6 Å². The number of fused-ring (bicyclic) bond motifs is 4. The molecule has 4 heterocycles. The number of Topliss-reactive ketones (excluding diaryl/α,β-unsaturated/α-hetero) is 1. The van der Waals surface area contributed by atoms with Crippen molar-refractivity contribution in [1.82, 2.24) is 10.2 Å². The van der Waals surface area contributed by atoms with Crippen LogP contribution in [0.5, 0.6) is 0 Å². The topological polar surface area (TPSA) is 49.4 Å². The summed E-state index contributed by atoms with van der Waals surface area (Å²) in [5.74, 6) is 0.708. The monoisotopic (exact) mass is 404 g/mol. The van der Waals surface area contributed by atoms with Gasteiger partial charge in [-0.2, -0.15) is 0 Å². The quantitative estimate of drug-likeness (QED) is 0.647. The zero-order valence-electron chi connectivity index (χ0n) is 16.5. The van der Waals surface area contributed by atoms with E-state index in [0.29, 0.717) is 11.5 Å². The molecule has 2 aromatic carbocycles. The Morgan fingerprint density at radius 1 is 1.07 bits per heavy atom. The van der Waals surface area contributed by atoms with E-state index in [0.717, 1.165) is 32.6 Å². The Bertz CT molecular complexity index is 1100. The third kappa shape index (κ3) is 3.49. The predicted molar refractivity (Wildman–Crippen MR) is 118 cm³/mol. The number of amides is 1. The van der Waals surface area contributed by atoms with Crippen LogP contribution >= 0.6 is 11.3 Å². The van der Waals surface area contributed by atoms with Crippen LogP contribution in [0.25, 0.3) is 21.2 Å². The van der Waals surface area contributed by atoms with Gasteiger partial charge in [-0.1, -0.05) is 36.4 Å². The van der Waals surface area contributed by atoms with Gasteiger partial charge < -0.3 is 10.2 Å². The molecule has 1 N–H and O–H groups in total. The summed E-state index contributed by atoms with van der Waals surface area (Å²) in [6.45, 7) is 4.90. The lowest BCUT2D eigenvalue weighted by Gasteiger charge is -2.44. The summed E-state index contributed by atoms with van der Waals surface area (Å²) in [5, 5.41) is 4.37. The number of carbonyl (C=O) groups is 2. The summed E-state index contributed by atoms with van der Waals surface area (Å²) in [6, 6.07) is 16.1. The van der Waals surface area contributed by atoms with Gasteiger partial charge in [-0.3, -0.25) is 9.59 Å². The van der Waals surface area contributed by atoms with Crippen LogP contribution in [0.15, 0.2) is 48.5 Å². The van der Waals surface area contributed by atoms with Crippen LogP contribution in [-0.4, -0.2) is 42.3 Å². The maximum Gasteiger partial charge on any atom is 0.261 e. The molecule has 1 aromatic heterocycles. The molecule has 1 atom stereocenters. The molecule has 0 unspecified atom stereocenters. The van der Waals surface area contributed by atoms with Crippen molar-refractivity contribution >= 4 is 33.1 Å². The molecule has 3 fully saturated rings. The highest BCUT2D eigenvalue weighted by atomic mass is 32.1. The molecule has 6 rings (SSSR count). The van der Waals surface area contributed by atoms with E-state index in [-0.39, 0.29) is 17.7 Å². The summed E-state index contributed by atoms with van der Waals surface area (Å²) in [5.41, 5.74) is 2.78. The number of ketones is 1. The molecule has 0 saturated carbocycles. The fraction of sp³-hybridized carbons (Fsp3) is 0.333. The highest BCUT2D eigenvalue weighted by molar-refractivity contribution is 7.21. The van der Waals surface area contributed by atoms with Gasteiger partial charge in [-0.25, -0.2) is 0 Å². The number of rotatable bonds is 4. The van der Waals surface area contributed by atoms with Gasteiger partial charge in [0.1, 0.15) is 0 Å². The Morgan fingerprint density at radius 3 is 2.59 bits per heavy atom. The van der Waals surface area contributed by atoms with Crippen molar-refractivity contribution in [3.63, 3.8) is 0 Å². The minimum atomic E-state index is 0.0355. The molecule has 148 valence electrons. The SMILES string of the molecule is CC(=O)c1cccc(-c2cccc3cc(C(=O)N[C@H]4CN5CCC4CC5)sc23)c1. The van der Waals surface area contributed by atoms with Crippen LogP contribution in [0.3, 0.4) is 0 Å². The summed E-state index contributed by atoms with van der Waals surface area (Å²) in [6.07, 6.45) is 2.38. The van der Waals surface area contributed by atoms with Gasteiger partial charge in [0.05, 0.1) is 4.88 Å². The molecule has 0 aliphatic carbocycles. The Hall–Kier alpha value is -2.50. The van der Waals surface area contributed by atoms with Crippen molar-refractivity contribution < 1.29 is 9.59 Å². The van der Waals surface area contributed by atoms with E-state index in [1.807, 2.05) is 36.4 Å². The molecule has 3 aliphatic rings. The van der Waals surface area contributed by atoms with Crippen LogP contribution in [0.4, 0.5) is 0 Å². The van der Waals surface area contributed by atoms with E-state index in [9.17, 15) is 9.59 Å². The van der Waals surface area contributed by atoms with Crippen LogP contribution in [0, 0.1) is 5.92 Å². The average molecular weight is 405 g/mol. The van der Waals surface area contributed by atoms with E-state index in [4.69, 9.17) is 0 Å². The average Bonchev–Trinajstić information content (AvgIpc) is 3.19. The molecule has 2 bridgehead atoms.